The molecule has 6 atom stereocenters. The number of hydrogen-bond donors (Lipinski definition) is 0. The molecule has 0 aliphatic heterocycles. The van der Waals surface area contributed by atoms with Crippen molar-refractivity contribution in [1.29, 1.82) is 0 Å². The highest BCUT2D eigenvalue weighted by Gasteiger charge is 2.50. The molecule has 0 spiro atoms. The molecule has 3 nitrogen and oxygen atoms in total. The van der Waals surface area contributed by atoms with Crippen molar-refractivity contribution >= 4 is 25.0 Å². The summed E-state index contributed by atoms with van der Waals surface area (Å²) in [4.78, 5) is 0. The molecular formula is C46H84O3Si3. The van der Waals surface area contributed by atoms with Crippen molar-refractivity contribution in [3.8, 4) is 11.8 Å². The lowest BCUT2D eigenvalue weighted by Crippen LogP contribution is -2.50. The lowest BCUT2D eigenvalue weighted by molar-refractivity contribution is 0.0736. The third-order valence-corrected chi connectivity index (χ3v) is 29.0. The van der Waals surface area contributed by atoms with Gasteiger partial charge in [-0.25, -0.2) is 0 Å². The van der Waals surface area contributed by atoms with Crippen molar-refractivity contribution in [2.45, 2.75) is 221 Å². The summed E-state index contributed by atoms with van der Waals surface area (Å²) >= 11 is 0. The van der Waals surface area contributed by atoms with Gasteiger partial charge in [0.05, 0.1) is 17.8 Å². The molecule has 298 valence electrons. The number of fused-ring (bicyclic) bond motifs is 1. The van der Waals surface area contributed by atoms with E-state index in [2.05, 4.69) is 148 Å². The van der Waals surface area contributed by atoms with Crippen LogP contribution in [0.25, 0.3) is 0 Å². The van der Waals surface area contributed by atoms with Crippen LogP contribution in [0.3, 0.4) is 0 Å². The molecule has 0 radical (unpaired) electrons. The summed E-state index contributed by atoms with van der Waals surface area (Å²) in [7, 11) is -5.72. The highest BCUT2D eigenvalue weighted by atomic mass is 28.4. The first-order valence-corrected chi connectivity index (χ1v) is 29.7. The average molecular weight is 769 g/mol. The molecule has 3 rings (SSSR count). The zero-order valence-electron chi connectivity index (χ0n) is 37.7. The summed E-state index contributed by atoms with van der Waals surface area (Å²) in [5.41, 5.74) is 5.25. The quantitative estimate of drug-likeness (QED) is 0.100. The molecule has 0 aromatic carbocycles. The van der Waals surface area contributed by atoms with E-state index in [1.54, 1.807) is 0 Å². The van der Waals surface area contributed by atoms with E-state index in [4.69, 9.17) is 13.3 Å². The number of hydrogen-bond acceptors (Lipinski definition) is 3. The van der Waals surface area contributed by atoms with Gasteiger partial charge in [-0.1, -0.05) is 113 Å². The van der Waals surface area contributed by atoms with E-state index < -0.39 is 25.0 Å². The highest BCUT2D eigenvalue weighted by Crippen LogP contribution is 2.58. The molecule has 0 unspecified atom stereocenters. The van der Waals surface area contributed by atoms with Crippen molar-refractivity contribution in [3.63, 3.8) is 0 Å². The average Bonchev–Trinajstić information content (AvgIpc) is 3.39. The van der Waals surface area contributed by atoms with Crippen LogP contribution in [0.15, 0.2) is 34.9 Å². The van der Waals surface area contributed by atoms with Crippen molar-refractivity contribution in [2.75, 3.05) is 0 Å². The topological polar surface area (TPSA) is 27.7 Å². The van der Waals surface area contributed by atoms with E-state index in [1.807, 2.05) is 0 Å². The normalized spacial score (nSPS) is 27.3. The minimum absolute atomic E-state index is 0.0197. The molecule has 1 saturated carbocycles. The lowest BCUT2D eigenvalue weighted by atomic mass is 9.62. The molecule has 0 aromatic rings. The van der Waals surface area contributed by atoms with Gasteiger partial charge in [0.1, 0.15) is 0 Å². The zero-order chi connectivity index (χ0) is 39.7. The first kappa shape index (κ1) is 45.7. The maximum absolute atomic E-state index is 7.17. The van der Waals surface area contributed by atoms with E-state index in [1.165, 1.54) is 67.0 Å². The molecule has 0 heterocycles. The molecule has 0 bridgehead atoms. The van der Waals surface area contributed by atoms with E-state index in [-0.39, 0.29) is 27.9 Å². The monoisotopic (exact) mass is 769 g/mol. The molecule has 0 saturated heterocycles. The second-order valence-corrected chi connectivity index (χ2v) is 35.4. The predicted octanol–water partition coefficient (Wildman–Crippen LogP) is 14.4. The Kier molecular flexibility index (Phi) is 14.8. The second kappa shape index (κ2) is 16.8. The fraction of sp³-hybridized carbons (Fsp3) is 0.826. The molecule has 3 aliphatic rings. The van der Waals surface area contributed by atoms with Gasteiger partial charge in [-0.2, -0.15) is 0 Å². The summed E-state index contributed by atoms with van der Waals surface area (Å²) in [5, 5.41) is 0.228. The van der Waals surface area contributed by atoms with Gasteiger partial charge in [-0.15, -0.1) is 0 Å². The molecule has 6 heteroatoms. The Hall–Kier alpha value is -0.689. The Morgan fingerprint density at radius 3 is 1.98 bits per heavy atom. The molecular weight excluding hydrogens is 685 g/mol. The van der Waals surface area contributed by atoms with Gasteiger partial charge in [0.15, 0.2) is 25.0 Å². The lowest BCUT2D eigenvalue weighted by Gasteiger charge is -2.46. The Morgan fingerprint density at radius 2 is 1.44 bits per heavy atom. The molecule has 0 amide bonds. The SMILES string of the molecule is C=C1[C@H](O[Si](C)(C)C(C)(C)C)C(C)=C(C#CC2=CCC[C@]3(C)[C@@H]([C@@H](C)CCCC(C)(C)O[Si](CC)(CC)CC)CC[C@@H]23)C[C@H]1O[Si](C)(C)C(C)(C)C. The maximum Gasteiger partial charge on any atom is 0.193 e. The minimum atomic E-state index is -2.07. The predicted molar refractivity (Wildman–Crippen MR) is 235 cm³/mol. The van der Waals surface area contributed by atoms with Crippen molar-refractivity contribution in [3.05, 3.63) is 34.9 Å². The van der Waals surface area contributed by atoms with Gasteiger partial charge in [0, 0.05) is 17.6 Å². The summed E-state index contributed by atoms with van der Waals surface area (Å²) in [6.07, 6.45) is 11.8. The fourth-order valence-corrected chi connectivity index (χ4v) is 15.0. The fourth-order valence-electron chi connectivity index (χ4n) is 9.21. The first-order valence-electron chi connectivity index (χ1n) is 21.4. The van der Waals surface area contributed by atoms with Gasteiger partial charge in [-0.05, 0) is 142 Å². The molecule has 1 fully saturated rings. The van der Waals surface area contributed by atoms with E-state index in [0.29, 0.717) is 11.3 Å². The number of allylic oxidation sites excluding steroid dienone is 2. The highest BCUT2D eigenvalue weighted by molar-refractivity contribution is 6.75. The molecule has 0 aromatic heterocycles. The smallest absolute Gasteiger partial charge is 0.193 e. The van der Waals surface area contributed by atoms with Crippen LogP contribution in [0.4, 0.5) is 0 Å². The van der Waals surface area contributed by atoms with E-state index in [0.717, 1.165) is 36.7 Å². The van der Waals surface area contributed by atoms with Crippen LogP contribution >= 0.6 is 0 Å². The van der Waals surface area contributed by atoms with Gasteiger partial charge >= 0.3 is 0 Å². The van der Waals surface area contributed by atoms with Gasteiger partial charge in [0.2, 0.25) is 0 Å². The summed E-state index contributed by atoms with van der Waals surface area (Å²) in [6.45, 7) is 47.2. The zero-order valence-corrected chi connectivity index (χ0v) is 40.7. The summed E-state index contributed by atoms with van der Waals surface area (Å²) in [5.74, 6) is 9.69. The van der Waals surface area contributed by atoms with Crippen LogP contribution in [0, 0.1) is 35.0 Å². The molecule has 3 aliphatic carbocycles. The van der Waals surface area contributed by atoms with Crippen molar-refractivity contribution in [2.24, 2.45) is 23.2 Å². The molecule has 52 heavy (non-hydrogen) atoms. The van der Waals surface area contributed by atoms with Crippen molar-refractivity contribution in [1.82, 2.24) is 0 Å². The Morgan fingerprint density at radius 1 is 0.885 bits per heavy atom. The first-order chi connectivity index (χ1) is 23.7. The van der Waals surface area contributed by atoms with Crippen LogP contribution in [0.1, 0.15) is 148 Å². The van der Waals surface area contributed by atoms with Gasteiger partial charge in [0.25, 0.3) is 0 Å². The Balaban J connectivity index is 1.83. The van der Waals surface area contributed by atoms with E-state index in [9.17, 15) is 0 Å². The van der Waals surface area contributed by atoms with Crippen LogP contribution in [-0.4, -0.2) is 42.8 Å². The Labute approximate surface area is 327 Å². The van der Waals surface area contributed by atoms with Crippen LogP contribution in [0.2, 0.25) is 54.4 Å². The van der Waals surface area contributed by atoms with Crippen LogP contribution < -0.4 is 0 Å². The largest absolute Gasteiger partial charge is 0.412 e. The van der Waals surface area contributed by atoms with E-state index >= 15 is 0 Å². The third kappa shape index (κ3) is 10.2. The molecule has 0 N–H and O–H groups in total. The van der Waals surface area contributed by atoms with Crippen molar-refractivity contribution < 1.29 is 13.3 Å². The van der Waals surface area contributed by atoms with Crippen LogP contribution in [0.5, 0.6) is 0 Å². The Bertz CT molecular complexity index is 1370. The summed E-state index contributed by atoms with van der Waals surface area (Å²) < 4.78 is 21.3. The second-order valence-electron chi connectivity index (χ2n) is 21.2. The van der Waals surface area contributed by atoms with Crippen LogP contribution in [-0.2, 0) is 13.3 Å². The maximum atomic E-state index is 7.17. The summed E-state index contributed by atoms with van der Waals surface area (Å²) in [6, 6.07) is 3.68. The third-order valence-electron chi connectivity index (χ3n) is 15.2. The number of rotatable bonds is 14. The standard InChI is InChI=1S/C46H84O3Si3/c1-20-52(21-2,22-3)49-45(13,14)31-23-25-34(4)39-29-30-40-37(26-24-32-46(39,40)15)27-28-38-33-41(47-50(16,17)43(7,8)9)36(6)42(35(38)5)48-51(18,19)44(10,11)12/h26,34,39-42H,6,20-25,29-33H2,1-5,7-19H3/t34-,39+,40-,41+,42+,46+/m0/s1. The van der Waals surface area contributed by atoms with Gasteiger partial charge < -0.3 is 13.3 Å². The minimum Gasteiger partial charge on any atom is -0.412 e. The van der Waals surface area contributed by atoms with Gasteiger partial charge in [-0.3, -0.25) is 0 Å².